The molecule has 0 bridgehead atoms. The minimum absolute atomic E-state index is 0.270. The molecule has 1 aliphatic rings. The highest BCUT2D eigenvalue weighted by Crippen LogP contribution is 2.32. The van der Waals surface area contributed by atoms with E-state index in [1.807, 2.05) is 6.07 Å². The zero-order valence-electron chi connectivity index (χ0n) is 11.2. The van der Waals surface area contributed by atoms with Gasteiger partial charge in [-0.2, -0.15) is 0 Å². The highest BCUT2D eigenvalue weighted by atomic mass is 79.9. The predicted molar refractivity (Wildman–Crippen MR) is 84.7 cm³/mol. The van der Waals surface area contributed by atoms with Crippen molar-refractivity contribution in [1.29, 1.82) is 0 Å². The van der Waals surface area contributed by atoms with E-state index in [-0.39, 0.29) is 6.04 Å². The zero-order valence-corrected chi connectivity index (χ0v) is 13.6. The van der Waals surface area contributed by atoms with Gasteiger partial charge in [-0.25, -0.2) is 0 Å². The molecule has 0 amide bonds. The maximum absolute atomic E-state index is 5.62. The predicted octanol–water partition coefficient (Wildman–Crippen LogP) is 4.13. The Morgan fingerprint density at radius 2 is 2.00 bits per heavy atom. The lowest BCUT2D eigenvalue weighted by molar-refractivity contribution is 0.171. The first-order chi connectivity index (χ1) is 9.72. The first kappa shape index (κ1) is 13.9. The monoisotopic (exact) mass is 353 g/mol. The molecule has 0 saturated carbocycles. The van der Waals surface area contributed by atoms with Crippen molar-refractivity contribution in [3.63, 3.8) is 0 Å². The lowest BCUT2D eigenvalue weighted by Gasteiger charge is -2.21. The molecule has 0 radical (unpaired) electrons. The van der Waals surface area contributed by atoms with Crippen LogP contribution in [0.1, 0.15) is 23.4 Å². The molecule has 3 rings (SSSR count). The van der Waals surface area contributed by atoms with Gasteiger partial charge in [0, 0.05) is 17.5 Å². The van der Waals surface area contributed by atoms with Crippen LogP contribution in [0, 0.1) is 0 Å². The largest absolute Gasteiger partial charge is 0.486 e. The maximum atomic E-state index is 5.62. The number of thiophene rings is 1. The van der Waals surface area contributed by atoms with Crippen LogP contribution in [0.15, 0.2) is 34.1 Å². The summed E-state index contributed by atoms with van der Waals surface area (Å²) < 4.78 is 12.3. The fourth-order valence-electron chi connectivity index (χ4n) is 2.15. The highest BCUT2D eigenvalue weighted by Gasteiger charge is 2.14. The fourth-order valence-corrected chi connectivity index (χ4v) is 3.58. The first-order valence-electron chi connectivity index (χ1n) is 6.59. The molecule has 1 aromatic heterocycles. The third kappa shape index (κ3) is 3.16. The van der Waals surface area contributed by atoms with Gasteiger partial charge >= 0.3 is 0 Å². The topological polar surface area (TPSA) is 30.5 Å². The normalized spacial score (nSPS) is 15.1. The van der Waals surface area contributed by atoms with Crippen molar-refractivity contribution >= 4 is 27.3 Å². The van der Waals surface area contributed by atoms with Crippen molar-refractivity contribution in [3.05, 3.63) is 44.6 Å². The van der Waals surface area contributed by atoms with Crippen molar-refractivity contribution < 1.29 is 9.47 Å². The van der Waals surface area contributed by atoms with Crippen LogP contribution in [-0.2, 0) is 6.54 Å². The van der Waals surface area contributed by atoms with Gasteiger partial charge in [0.15, 0.2) is 11.5 Å². The molecule has 0 saturated heterocycles. The van der Waals surface area contributed by atoms with E-state index < -0.39 is 0 Å². The summed E-state index contributed by atoms with van der Waals surface area (Å²) in [6, 6.07) is 10.6. The standard InChI is InChI=1S/C15H16BrNO2S/c1-10(17-9-12-3-5-15(16)20-12)11-2-4-13-14(8-11)19-7-6-18-13/h2-5,8,10,17H,6-7,9H2,1H3. The Hall–Kier alpha value is -1.04. The lowest BCUT2D eigenvalue weighted by atomic mass is 10.1. The quantitative estimate of drug-likeness (QED) is 0.896. The molecule has 0 fully saturated rings. The van der Waals surface area contributed by atoms with Crippen LogP contribution in [0.5, 0.6) is 11.5 Å². The Labute approximate surface area is 131 Å². The third-order valence-corrected chi connectivity index (χ3v) is 4.90. The van der Waals surface area contributed by atoms with E-state index in [2.05, 4.69) is 52.4 Å². The number of benzene rings is 1. The maximum Gasteiger partial charge on any atom is 0.161 e. The summed E-state index contributed by atoms with van der Waals surface area (Å²) in [4.78, 5) is 1.32. The van der Waals surface area contributed by atoms with E-state index in [0.717, 1.165) is 18.0 Å². The first-order valence-corrected chi connectivity index (χ1v) is 8.20. The molecule has 1 atom stereocenters. The molecule has 2 heterocycles. The Morgan fingerprint density at radius 3 is 2.75 bits per heavy atom. The van der Waals surface area contributed by atoms with E-state index in [1.54, 1.807) is 11.3 Å². The van der Waals surface area contributed by atoms with Gasteiger partial charge in [-0.15, -0.1) is 11.3 Å². The molecule has 5 heteroatoms. The summed E-state index contributed by atoms with van der Waals surface area (Å²) in [7, 11) is 0. The molecule has 1 aromatic carbocycles. The van der Waals surface area contributed by atoms with Gasteiger partial charge in [0.05, 0.1) is 3.79 Å². The van der Waals surface area contributed by atoms with E-state index >= 15 is 0 Å². The molecule has 0 aliphatic carbocycles. The fraction of sp³-hybridized carbons (Fsp3) is 0.333. The minimum Gasteiger partial charge on any atom is -0.486 e. The Balaban J connectivity index is 1.66. The molecular formula is C15H16BrNO2S. The second-order valence-corrected chi connectivity index (χ2v) is 7.26. The van der Waals surface area contributed by atoms with Crippen LogP contribution in [0.2, 0.25) is 0 Å². The van der Waals surface area contributed by atoms with Gasteiger partial charge in [-0.3, -0.25) is 0 Å². The Morgan fingerprint density at radius 1 is 1.20 bits per heavy atom. The summed E-state index contributed by atoms with van der Waals surface area (Å²) in [6.45, 7) is 4.29. The summed E-state index contributed by atoms with van der Waals surface area (Å²) in [5.41, 5.74) is 1.21. The van der Waals surface area contributed by atoms with Crippen molar-refractivity contribution in [1.82, 2.24) is 5.32 Å². The second-order valence-electron chi connectivity index (χ2n) is 4.71. The van der Waals surface area contributed by atoms with Gasteiger partial charge in [0.2, 0.25) is 0 Å². The molecule has 1 aliphatic heterocycles. The summed E-state index contributed by atoms with van der Waals surface area (Å²) in [5.74, 6) is 1.69. The van der Waals surface area contributed by atoms with Crippen LogP contribution in [-0.4, -0.2) is 13.2 Å². The molecule has 2 aromatic rings. The van der Waals surface area contributed by atoms with Crippen LogP contribution >= 0.6 is 27.3 Å². The molecular weight excluding hydrogens is 338 g/mol. The average Bonchev–Trinajstić information content (AvgIpc) is 2.90. The number of hydrogen-bond donors (Lipinski definition) is 1. The van der Waals surface area contributed by atoms with Crippen LogP contribution in [0.4, 0.5) is 0 Å². The number of rotatable bonds is 4. The smallest absolute Gasteiger partial charge is 0.161 e. The lowest BCUT2D eigenvalue weighted by Crippen LogP contribution is -2.19. The van der Waals surface area contributed by atoms with Crippen LogP contribution in [0.3, 0.4) is 0 Å². The summed E-state index contributed by atoms with van der Waals surface area (Å²) in [6.07, 6.45) is 0. The van der Waals surface area contributed by atoms with Crippen molar-refractivity contribution in [2.24, 2.45) is 0 Å². The Kier molecular flexibility index (Phi) is 4.29. The molecule has 3 nitrogen and oxygen atoms in total. The minimum atomic E-state index is 0.270. The van der Waals surface area contributed by atoms with Crippen molar-refractivity contribution in [2.45, 2.75) is 19.5 Å². The second kappa shape index (κ2) is 6.16. The molecule has 1 N–H and O–H groups in total. The van der Waals surface area contributed by atoms with Gasteiger partial charge in [0.1, 0.15) is 13.2 Å². The molecule has 1 unspecified atom stereocenters. The van der Waals surface area contributed by atoms with Gasteiger partial charge in [-0.1, -0.05) is 6.07 Å². The van der Waals surface area contributed by atoms with E-state index in [0.29, 0.717) is 13.2 Å². The van der Waals surface area contributed by atoms with Crippen molar-refractivity contribution in [3.8, 4) is 11.5 Å². The highest BCUT2D eigenvalue weighted by molar-refractivity contribution is 9.11. The number of ether oxygens (including phenoxy) is 2. The van der Waals surface area contributed by atoms with Gasteiger partial charge in [-0.05, 0) is 52.7 Å². The van der Waals surface area contributed by atoms with Crippen molar-refractivity contribution in [2.75, 3.05) is 13.2 Å². The van der Waals surface area contributed by atoms with Gasteiger partial charge in [0.25, 0.3) is 0 Å². The SMILES string of the molecule is CC(NCc1ccc(Br)s1)c1ccc2c(c1)OCCO2. The zero-order chi connectivity index (χ0) is 13.9. The molecule has 0 spiro atoms. The number of fused-ring (bicyclic) bond motifs is 1. The van der Waals surface area contributed by atoms with E-state index in [1.165, 1.54) is 14.2 Å². The van der Waals surface area contributed by atoms with E-state index in [4.69, 9.17) is 9.47 Å². The van der Waals surface area contributed by atoms with Crippen LogP contribution in [0.25, 0.3) is 0 Å². The third-order valence-electron chi connectivity index (χ3n) is 3.28. The van der Waals surface area contributed by atoms with Crippen LogP contribution < -0.4 is 14.8 Å². The average molecular weight is 354 g/mol. The van der Waals surface area contributed by atoms with Gasteiger partial charge < -0.3 is 14.8 Å². The number of hydrogen-bond acceptors (Lipinski definition) is 4. The number of halogens is 1. The summed E-state index contributed by atoms with van der Waals surface area (Å²) >= 11 is 5.24. The molecule has 106 valence electrons. The summed E-state index contributed by atoms with van der Waals surface area (Å²) in [5, 5.41) is 3.53. The Bertz CT molecular complexity index is 599. The van der Waals surface area contributed by atoms with E-state index in [9.17, 15) is 0 Å². The molecule has 20 heavy (non-hydrogen) atoms. The number of nitrogens with one attached hydrogen (secondary N) is 1.